The lowest BCUT2D eigenvalue weighted by Gasteiger charge is -2.22. The van der Waals surface area contributed by atoms with E-state index in [1.165, 1.54) is 62.8 Å². The Morgan fingerprint density at radius 1 is 0.337 bits per heavy atom. The van der Waals surface area contributed by atoms with Crippen LogP contribution in [0.2, 0.25) is 0 Å². The summed E-state index contributed by atoms with van der Waals surface area (Å²) in [5.74, 6) is 0.900. The third-order valence-corrected chi connectivity index (χ3v) is 19.0. The second kappa shape index (κ2) is 28.8. The Kier molecular flexibility index (Phi) is 21.1. The molecule has 0 bridgehead atoms. The SMILES string of the molecule is CCCCCCCCOc1cc(-c2cc(F)cc(C)c2OCCCOc2c(C)cc(F)cc2-c2cc(OCCCCCCCC)cc(-n3c4cc(C(C)(C)C)ccc4c4ccc(C(C)(C)C)cc43)c2O)c(O)c(-n2c3cc(C(C)(C)C)ccc3c3ccc(C(C)(C)C)cc32)c1. The van der Waals surface area contributed by atoms with Crippen molar-refractivity contribution in [2.45, 2.75) is 216 Å². The van der Waals surface area contributed by atoms with Crippen molar-refractivity contribution in [3.8, 4) is 68.1 Å². The number of hydrogen-bond donors (Lipinski definition) is 2. The number of rotatable bonds is 26. The van der Waals surface area contributed by atoms with Crippen LogP contribution in [0.4, 0.5) is 8.78 Å². The Labute approximate surface area is 564 Å². The summed E-state index contributed by atoms with van der Waals surface area (Å²) in [4.78, 5) is 0. The van der Waals surface area contributed by atoms with E-state index in [4.69, 9.17) is 18.9 Å². The Bertz CT molecular complexity index is 3960. The van der Waals surface area contributed by atoms with Crippen molar-refractivity contribution in [1.82, 2.24) is 9.13 Å². The quantitative estimate of drug-likeness (QED) is 0.0525. The smallest absolute Gasteiger partial charge is 0.147 e. The number of halogens is 2. The van der Waals surface area contributed by atoms with Crippen LogP contribution in [0.3, 0.4) is 0 Å². The summed E-state index contributed by atoms with van der Waals surface area (Å²) in [6.45, 7) is 35.8. The van der Waals surface area contributed by atoms with Crippen molar-refractivity contribution in [3.05, 3.63) is 166 Å². The van der Waals surface area contributed by atoms with Gasteiger partial charge in [0.15, 0.2) is 0 Å². The number of unbranched alkanes of at least 4 members (excludes halogenated alkanes) is 10. The average molecular weight is 1290 g/mol. The average Bonchev–Trinajstić information content (AvgIpc) is 1.59. The maximum atomic E-state index is 16.2. The van der Waals surface area contributed by atoms with Gasteiger partial charge in [0.2, 0.25) is 0 Å². The number of aromatic nitrogens is 2. The molecule has 2 heterocycles. The lowest BCUT2D eigenvalue weighted by Crippen LogP contribution is -2.11. The normalized spacial score (nSPS) is 12.5. The first-order valence-electron chi connectivity index (χ1n) is 35.1. The molecule has 8 aromatic carbocycles. The van der Waals surface area contributed by atoms with E-state index in [-0.39, 0.29) is 46.4 Å². The van der Waals surface area contributed by atoms with E-state index in [0.29, 0.717) is 87.4 Å². The van der Waals surface area contributed by atoms with Crippen molar-refractivity contribution in [1.29, 1.82) is 0 Å². The molecule has 0 aliphatic rings. The lowest BCUT2D eigenvalue weighted by molar-refractivity contribution is 0.246. The lowest BCUT2D eigenvalue weighted by atomic mass is 9.86. The van der Waals surface area contributed by atoms with Gasteiger partial charge in [0, 0.05) is 62.4 Å². The fraction of sp³-hybridized carbons (Fsp3) is 0.435. The summed E-state index contributed by atoms with van der Waals surface area (Å²) in [6.07, 6.45) is 13.6. The minimum Gasteiger partial charge on any atom is -0.505 e. The van der Waals surface area contributed by atoms with Crippen molar-refractivity contribution in [2.75, 3.05) is 26.4 Å². The second-order valence-electron chi connectivity index (χ2n) is 30.8. The maximum absolute atomic E-state index is 16.2. The zero-order valence-electron chi connectivity index (χ0n) is 59.7. The first-order valence-corrected chi connectivity index (χ1v) is 35.1. The van der Waals surface area contributed by atoms with Crippen LogP contribution in [0.25, 0.3) is 77.2 Å². The molecule has 10 rings (SSSR count). The first-order chi connectivity index (χ1) is 45.1. The van der Waals surface area contributed by atoms with E-state index < -0.39 is 11.6 Å². The van der Waals surface area contributed by atoms with Crippen LogP contribution in [0, 0.1) is 25.5 Å². The van der Waals surface area contributed by atoms with Gasteiger partial charge in [0.05, 0.1) is 59.9 Å². The van der Waals surface area contributed by atoms with Gasteiger partial charge in [-0.1, -0.05) is 210 Å². The highest BCUT2D eigenvalue weighted by Gasteiger charge is 2.29. The molecule has 10 aromatic rings. The highest BCUT2D eigenvalue weighted by atomic mass is 19.1. The number of fused-ring (bicyclic) bond motifs is 6. The molecule has 10 heteroatoms. The third kappa shape index (κ3) is 15.5. The predicted octanol–water partition coefficient (Wildman–Crippen LogP) is 24.0. The van der Waals surface area contributed by atoms with Crippen LogP contribution in [0.5, 0.6) is 34.5 Å². The van der Waals surface area contributed by atoms with Gasteiger partial charge in [-0.25, -0.2) is 8.78 Å². The van der Waals surface area contributed by atoms with Crippen LogP contribution in [0.1, 0.15) is 214 Å². The molecule has 0 fully saturated rings. The molecule has 0 saturated heterocycles. The fourth-order valence-electron chi connectivity index (χ4n) is 13.3. The van der Waals surface area contributed by atoms with Crippen LogP contribution in [0.15, 0.2) is 121 Å². The summed E-state index contributed by atoms with van der Waals surface area (Å²) in [5.41, 5.74) is 11.3. The largest absolute Gasteiger partial charge is 0.505 e. The highest BCUT2D eigenvalue weighted by Crippen LogP contribution is 2.50. The van der Waals surface area contributed by atoms with Gasteiger partial charge in [-0.15, -0.1) is 0 Å². The van der Waals surface area contributed by atoms with E-state index in [9.17, 15) is 10.2 Å². The van der Waals surface area contributed by atoms with Gasteiger partial charge in [-0.3, -0.25) is 0 Å². The van der Waals surface area contributed by atoms with E-state index in [1.54, 1.807) is 0 Å². The number of aryl methyl sites for hydroxylation is 2. The summed E-state index contributed by atoms with van der Waals surface area (Å²) < 4.78 is 63.5. The minimum absolute atomic E-state index is 0.0405. The molecule has 504 valence electrons. The Hall–Kier alpha value is -7.98. The van der Waals surface area contributed by atoms with Gasteiger partial charge < -0.3 is 38.3 Å². The number of hydrogen-bond acceptors (Lipinski definition) is 6. The molecule has 95 heavy (non-hydrogen) atoms. The van der Waals surface area contributed by atoms with Gasteiger partial charge >= 0.3 is 0 Å². The number of aromatic hydroxyl groups is 2. The van der Waals surface area contributed by atoms with Crippen molar-refractivity contribution < 1.29 is 37.9 Å². The van der Waals surface area contributed by atoms with Crippen LogP contribution in [-0.4, -0.2) is 45.8 Å². The van der Waals surface area contributed by atoms with Crippen molar-refractivity contribution >= 4 is 43.6 Å². The maximum Gasteiger partial charge on any atom is 0.147 e. The minimum atomic E-state index is -0.473. The number of phenols is 2. The van der Waals surface area contributed by atoms with Crippen LogP contribution in [-0.2, 0) is 21.7 Å². The monoisotopic (exact) mass is 1290 g/mol. The molecular weight excluding hydrogens is 1180 g/mol. The molecule has 0 unspecified atom stereocenters. The molecule has 0 radical (unpaired) electrons. The standard InChI is InChI=1S/C85H104F2N2O6/c1-17-19-21-23-25-27-38-92-62-50-68(78(90)76(52-62)88-72-44-56(82(5,6)7)30-34-64(72)65-35-31-57(45-73(65)88)83(8,9)10)70-48-60(86)42-54(3)80(70)94-40-29-41-95-81-55(4)43-61(87)49-71(81)69-51-63(93-39-28-26-24-22-20-18-2)53-77(79(69)91)89-74-46-58(84(11,12)13)32-36-66(74)67-37-33-59(47-75(67)89)85(14,15)16/h30-37,42-53,90-91H,17-29,38-41H2,1-16H3. The summed E-state index contributed by atoms with van der Waals surface area (Å²) >= 11 is 0. The topological polar surface area (TPSA) is 87.2 Å². The third-order valence-electron chi connectivity index (χ3n) is 19.0. The van der Waals surface area contributed by atoms with E-state index in [0.717, 1.165) is 104 Å². The van der Waals surface area contributed by atoms with Crippen LogP contribution < -0.4 is 18.9 Å². The molecule has 2 aromatic heterocycles. The van der Waals surface area contributed by atoms with E-state index in [1.807, 2.05) is 38.1 Å². The zero-order valence-corrected chi connectivity index (χ0v) is 59.7. The zero-order chi connectivity index (χ0) is 68.3. The van der Waals surface area contributed by atoms with E-state index in [2.05, 4.69) is 179 Å². The first kappa shape index (κ1) is 69.8. The molecule has 0 amide bonds. The second-order valence-corrected chi connectivity index (χ2v) is 30.8. The fourth-order valence-corrected chi connectivity index (χ4v) is 13.3. The number of nitrogens with zero attached hydrogens (tertiary/aromatic N) is 2. The summed E-state index contributed by atoms with van der Waals surface area (Å²) in [7, 11) is 0. The van der Waals surface area contributed by atoms with Gasteiger partial charge in [-0.05, 0) is 142 Å². The number of phenolic OH excluding ortho intramolecular Hbond substituents is 2. The molecule has 0 atom stereocenters. The van der Waals surface area contributed by atoms with Crippen molar-refractivity contribution in [2.24, 2.45) is 0 Å². The molecule has 0 saturated carbocycles. The Balaban J connectivity index is 1.02. The van der Waals surface area contributed by atoms with E-state index >= 15 is 8.78 Å². The summed E-state index contributed by atoms with van der Waals surface area (Å²) in [5, 5.41) is 30.3. The van der Waals surface area contributed by atoms with Gasteiger partial charge in [0.25, 0.3) is 0 Å². The van der Waals surface area contributed by atoms with Crippen molar-refractivity contribution in [3.63, 3.8) is 0 Å². The molecule has 0 aliphatic heterocycles. The predicted molar refractivity (Wildman–Crippen MR) is 393 cm³/mol. The molecule has 0 spiro atoms. The number of ether oxygens (including phenoxy) is 4. The highest BCUT2D eigenvalue weighted by molar-refractivity contribution is 6.11. The molecule has 8 nitrogen and oxygen atoms in total. The van der Waals surface area contributed by atoms with Gasteiger partial charge in [-0.2, -0.15) is 0 Å². The van der Waals surface area contributed by atoms with Gasteiger partial charge in [0.1, 0.15) is 46.1 Å². The number of benzene rings is 8. The Morgan fingerprint density at radius 2 is 0.632 bits per heavy atom. The summed E-state index contributed by atoms with van der Waals surface area (Å²) in [6, 6.07) is 39.7. The Morgan fingerprint density at radius 3 is 0.937 bits per heavy atom. The molecule has 2 N–H and O–H groups in total. The molecule has 0 aliphatic carbocycles. The van der Waals surface area contributed by atoms with Crippen LogP contribution >= 0.6 is 0 Å². The molecular formula is C85H104F2N2O6.